The lowest BCUT2D eigenvalue weighted by Gasteiger charge is -2.29. The lowest BCUT2D eigenvalue weighted by atomic mass is 9.84. The number of carbonyl (C=O) groups excluding carboxylic acids is 3. The minimum absolute atomic E-state index is 0.0549. The lowest BCUT2D eigenvalue weighted by molar-refractivity contribution is -0.127. The summed E-state index contributed by atoms with van der Waals surface area (Å²) in [6.07, 6.45) is 15.2. The predicted octanol–water partition coefficient (Wildman–Crippen LogP) is 4.04. The van der Waals surface area contributed by atoms with Crippen LogP contribution in [0.2, 0.25) is 0 Å². The lowest BCUT2D eigenvalue weighted by Crippen LogP contribution is -2.43. The van der Waals surface area contributed by atoms with E-state index < -0.39 is 0 Å². The van der Waals surface area contributed by atoms with Crippen molar-refractivity contribution in [3.05, 3.63) is 60.2 Å². The quantitative estimate of drug-likeness (QED) is 0.237. The first kappa shape index (κ1) is 34.4. The van der Waals surface area contributed by atoms with Crippen LogP contribution in [0.4, 0.5) is 0 Å². The van der Waals surface area contributed by atoms with Gasteiger partial charge >= 0.3 is 0 Å². The molecule has 1 aromatic carbocycles. The minimum atomic E-state index is 0.0549. The molecule has 1 heterocycles. The summed E-state index contributed by atoms with van der Waals surface area (Å²) in [5.41, 5.74) is 1.84. The van der Waals surface area contributed by atoms with Gasteiger partial charge in [0.15, 0.2) is 0 Å². The van der Waals surface area contributed by atoms with E-state index in [1.807, 2.05) is 43.1 Å². The number of hydrogen-bond acceptors (Lipinski definition) is 6. The molecule has 7 heteroatoms. The zero-order chi connectivity index (χ0) is 28.9. The van der Waals surface area contributed by atoms with Crippen LogP contribution in [0.3, 0.4) is 0 Å². The highest BCUT2D eigenvalue weighted by molar-refractivity contribution is 5.95. The standard InChI is InChI=1S/C20H28N2O.C9H17NO.C3H7NO/c1-4-9-17(2)20(23)22(16-19-12-8-14-21(19)3)15-13-18-10-6-5-7-11-18;1-10-9(7-11)8-5-3-2-4-6-8;1-4-2-3-5/h4-7,9-11,19H,2,8,12-16H2,1,3H3;7-10H,2-6H2,1H3;3-4H,2H2,1H3/b9-4-;;. The summed E-state index contributed by atoms with van der Waals surface area (Å²) in [5, 5.41) is 5.70. The van der Waals surface area contributed by atoms with Crippen LogP contribution in [0.25, 0.3) is 0 Å². The SMILES string of the molecule is C=C(/C=C\C)C(=O)N(CCc1ccccc1)CC1CCCN1C.CNC(C=O)C1CCCCC1.CNCC=O. The molecule has 1 aliphatic heterocycles. The maximum absolute atomic E-state index is 12.7. The van der Waals surface area contributed by atoms with Crippen molar-refractivity contribution in [2.24, 2.45) is 5.92 Å². The summed E-state index contributed by atoms with van der Waals surface area (Å²) < 4.78 is 0. The van der Waals surface area contributed by atoms with E-state index in [4.69, 9.17) is 0 Å². The van der Waals surface area contributed by atoms with Crippen LogP contribution < -0.4 is 10.6 Å². The fraction of sp³-hybridized carbons (Fsp3) is 0.594. The van der Waals surface area contributed by atoms with E-state index in [9.17, 15) is 14.4 Å². The second kappa shape index (κ2) is 21.2. The van der Waals surface area contributed by atoms with E-state index in [0.717, 1.165) is 38.6 Å². The zero-order valence-corrected chi connectivity index (χ0v) is 24.7. The van der Waals surface area contributed by atoms with Gasteiger partial charge in [-0.25, -0.2) is 0 Å². The van der Waals surface area contributed by atoms with Crippen molar-refractivity contribution >= 4 is 18.5 Å². The fourth-order valence-corrected chi connectivity index (χ4v) is 5.12. The Morgan fingerprint density at radius 3 is 2.28 bits per heavy atom. The number of carbonyl (C=O) groups is 3. The third-order valence-electron chi connectivity index (χ3n) is 7.47. The van der Waals surface area contributed by atoms with Crippen molar-refractivity contribution < 1.29 is 14.4 Å². The summed E-state index contributed by atoms with van der Waals surface area (Å²) in [5.74, 6) is 0.658. The van der Waals surface area contributed by atoms with E-state index in [1.54, 1.807) is 13.1 Å². The van der Waals surface area contributed by atoms with Crippen LogP contribution in [-0.2, 0) is 20.8 Å². The molecule has 1 saturated carbocycles. The van der Waals surface area contributed by atoms with Gasteiger partial charge in [0.1, 0.15) is 12.6 Å². The Hall–Kier alpha value is -2.61. The Morgan fingerprint density at radius 1 is 1.10 bits per heavy atom. The van der Waals surface area contributed by atoms with Gasteiger partial charge in [0.25, 0.3) is 5.91 Å². The summed E-state index contributed by atoms with van der Waals surface area (Å²) in [6.45, 7) is 8.95. The largest absolute Gasteiger partial charge is 0.337 e. The molecule has 0 spiro atoms. The van der Waals surface area contributed by atoms with Gasteiger partial charge in [0.2, 0.25) is 0 Å². The first-order valence-corrected chi connectivity index (χ1v) is 14.5. The van der Waals surface area contributed by atoms with Crippen molar-refractivity contribution in [3.63, 3.8) is 0 Å². The zero-order valence-electron chi connectivity index (χ0n) is 24.7. The third-order valence-corrected chi connectivity index (χ3v) is 7.47. The average molecular weight is 541 g/mol. The monoisotopic (exact) mass is 540 g/mol. The first-order valence-electron chi connectivity index (χ1n) is 14.5. The summed E-state index contributed by atoms with van der Waals surface area (Å²) >= 11 is 0. The van der Waals surface area contributed by atoms with Gasteiger partial charge in [-0.2, -0.15) is 0 Å². The molecular weight excluding hydrogens is 488 g/mol. The Balaban J connectivity index is 0.000000392. The summed E-state index contributed by atoms with van der Waals surface area (Å²) in [6, 6.07) is 10.9. The Bertz CT molecular complexity index is 852. The molecule has 1 aliphatic carbocycles. The van der Waals surface area contributed by atoms with Crippen LogP contribution in [0, 0.1) is 5.92 Å². The van der Waals surface area contributed by atoms with Crippen LogP contribution in [0.15, 0.2) is 54.6 Å². The molecular formula is C32H52N4O3. The molecule has 2 atom stereocenters. The molecule has 0 aromatic heterocycles. The molecule has 2 fully saturated rings. The number of rotatable bonds is 12. The van der Waals surface area contributed by atoms with E-state index >= 15 is 0 Å². The molecule has 0 radical (unpaired) electrons. The number of hydrogen-bond donors (Lipinski definition) is 2. The highest BCUT2D eigenvalue weighted by atomic mass is 16.2. The summed E-state index contributed by atoms with van der Waals surface area (Å²) in [7, 11) is 5.75. The predicted molar refractivity (Wildman–Crippen MR) is 162 cm³/mol. The van der Waals surface area contributed by atoms with E-state index in [-0.39, 0.29) is 11.9 Å². The van der Waals surface area contributed by atoms with Crippen LogP contribution in [0.1, 0.15) is 57.4 Å². The van der Waals surface area contributed by atoms with Crippen LogP contribution in [-0.4, -0.2) is 87.7 Å². The van der Waals surface area contributed by atoms with Gasteiger partial charge in [-0.05, 0) is 78.2 Å². The highest BCUT2D eigenvalue weighted by Gasteiger charge is 2.26. The normalized spacial score (nSPS) is 18.3. The van der Waals surface area contributed by atoms with Crippen molar-refractivity contribution in [2.75, 3.05) is 47.3 Å². The molecule has 39 heavy (non-hydrogen) atoms. The fourth-order valence-electron chi connectivity index (χ4n) is 5.12. The van der Waals surface area contributed by atoms with Crippen LogP contribution >= 0.6 is 0 Å². The van der Waals surface area contributed by atoms with E-state index in [2.05, 4.69) is 41.3 Å². The molecule has 2 aliphatic rings. The molecule has 1 amide bonds. The van der Waals surface area contributed by atoms with Crippen molar-refractivity contribution in [2.45, 2.75) is 70.4 Å². The minimum Gasteiger partial charge on any atom is -0.337 e. The van der Waals surface area contributed by atoms with E-state index in [1.165, 1.54) is 50.5 Å². The van der Waals surface area contributed by atoms with Gasteiger partial charge < -0.3 is 30.0 Å². The molecule has 3 rings (SSSR count). The topological polar surface area (TPSA) is 81.8 Å². The number of aldehydes is 2. The maximum Gasteiger partial charge on any atom is 0.253 e. The third kappa shape index (κ3) is 13.8. The molecule has 2 N–H and O–H groups in total. The van der Waals surface area contributed by atoms with Gasteiger partial charge in [-0.1, -0.05) is 68.3 Å². The van der Waals surface area contributed by atoms with Gasteiger partial charge in [-0.15, -0.1) is 0 Å². The number of likely N-dealkylation sites (tertiary alicyclic amines) is 1. The van der Waals surface area contributed by atoms with Crippen LogP contribution in [0.5, 0.6) is 0 Å². The Labute approximate surface area is 237 Å². The van der Waals surface area contributed by atoms with Crippen molar-refractivity contribution in [3.8, 4) is 0 Å². The number of amides is 1. The first-order chi connectivity index (χ1) is 18.9. The molecule has 0 bridgehead atoms. The second-order valence-corrected chi connectivity index (χ2v) is 10.4. The molecule has 1 saturated heterocycles. The Kier molecular flexibility index (Phi) is 18.7. The molecule has 218 valence electrons. The number of benzene rings is 1. The van der Waals surface area contributed by atoms with Crippen molar-refractivity contribution in [1.82, 2.24) is 20.4 Å². The average Bonchev–Trinajstić information content (AvgIpc) is 3.37. The Morgan fingerprint density at radius 2 is 1.79 bits per heavy atom. The van der Waals surface area contributed by atoms with Gasteiger partial charge in [-0.3, -0.25) is 4.79 Å². The van der Waals surface area contributed by atoms with Crippen molar-refractivity contribution in [1.29, 1.82) is 0 Å². The smallest absolute Gasteiger partial charge is 0.253 e. The van der Waals surface area contributed by atoms with Gasteiger partial charge in [0.05, 0.1) is 12.6 Å². The number of allylic oxidation sites excluding steroid dienone is 1. The number of nitrogens with zero attached hydrogens (tertiary/aromatic N) is 2. The van der Waals surface area contributed by atoms with Gasteiger partial charge in [0, 0.05) is 24.7 Å². The summed E-state index contributed by atoms with van der Waals surface area (Å²) in [4.78, 5) is 37.0. The highest BCUT2D eigenvalue weighted by Crippen LogP contribution is 2.25. The van der Waals surface area contributed by atoms with E-state index in [0.29, 0.717) is 24.1 Å². The molecule has 1 aromatic rings. The number of nitrogens with one attached hydrogen (secondary N) is 2. The second-order valence-electron chi connectivity index (χ2n) is 10.4. The molecule has 7 nitrogen and oxygen atoms in total. The number of likely N-dealkylation sites (N-methyl/N-ethyl adjacent to an activating group) is 3. The maximum atomic E-state index is 12.7. The molecule has 2 unspecified atom stereocenters.